The van der Waals surface area contributed by atoms with Gasteiger partial charge in [-0.25, -0.2) is 0 Å². The molecular formula is C14H26N2OS. The second kappa shape index (κ2) is 7.07. The molecule has 1 amide bonds. The van der Waals surface area contributed by atoms with Crippen LogP contribution in [-0.4, -0.2) is 16.9 Å². The maximum Gasteiger partial charge on any atom is 0.233 e. The number of carbonyl (C=O) groups excluding carboxylic acids is 1. The van der Waals surface area contributed by atoms with E-state index in [1.165, 1.54) is 0 Å². The molecule has 104 valence electrons. The van der Waals surface area contributed by atoms with Crippen LogP contribution in [0.15, 0.2) is 0 Å². The van der Waals surface area contributed by atoms with Crippen molar-refractivity contribution in [3.05, 3.63) is 0 Å². The highest BCUT2D eigenvalue weighted by atomic mass is 32.1. The SMILES string of the molecule is CCCCC(CCC)NC(=O)C1(C(N)=S)CCC1. The minimum absolute atomic E-state index is 0.0656. The Labute approximate surface area is 116 Å². The third-order valence-electron chi connectivity index (χ3n) is 3.99. The molecule has 0 saturated heterocycles. The minimum atomic E-state index is -0.534. The van der Waals surface area contributed by atoms with Crippen LogP contribution >= 0.6 is 12.2 Å². The number of unbranched alkanes of at least 4 members (excludes halogenated alkanes) is 1. The van der Waals surface area contributed by atoms with Crippen molar-refractivity contribution in [3.8, 4) is 0 Å². The highest BCUT2D eigenvalue weighted by molar-refractivity contribution is 7.80. The van der Waals surface area contributed by atoms with E-state index in [1.54, 1.807) is 0 Å². The summed E-state index contributed by atoms with van der Waals surface area (Å²) in [5, 5.41) is 3.17. The van der Waals surface area contributed by atoms with E-state index in [1.807, 2.05) is 0 Å². The van der Waals surface area contributed by atoms with E-state index in [9.17, 15) is 4.79 Å². The van der Waals surface area contributed by atoms with Crippen molar-refractivity contribution in [2.24, 2.45) is 11.1 Å². The predicted molar refractivity (Wildman–Crippen MR) is 79.4 cm³/mol. The van der Waals surface area contributed by atoms with Crippen molar-refractivity contribution in [2.75, 3.05) is 0 Å². The van der Waals surface area contributed by atoms with Gasteiger partial charge in [-0.15, -0.1) is 0 Å². The molecule has 1 aliphatic carbocycles. The quantitative estimate of drug-likeness (QED) is 0.667. The maximum absolute atomic E-state index is 12.4. The van der Waals surface area contributed by atoms with Gasteiger partial charge in [0.2, 0.25) is 5.91 Å². The fourth-order valence-corrected chi connectivity index (χ4v) is 2.82. The van der Waals surface area contributed by atoms with E-state index < -0.39 is 5.41 Å². The number of nitrogens with one attached hydrogen (secondary N) is 1. The Hall–Kier alpha value is -0.640. The monoisotopic (exact) mass is 270 g/mol. The van der Waals surface area contributed by atoms with Gasteiger partial charge in [0.1, 0.15) is 0 Å². The molecule has 0 aromatic rings. The lowest BCUT2D eigenvalue weighted by Gasteiger charge is -2.40. The van der Waals surface area contributed by atoms with Gasteiger partial charge < -0.3 is 11.1 Å². The zero-order valence-corrected chi connectivity index (χ0v) is 12.4. The molecule has 1 saturated carbocycles. The second-order valence-electron chi connectivity index (χ2n) is 5.40. The smallest absolute Gasteiger partial charge is 0.233 e. The normalized spacial score (nSPS) is 18.8. The summed E-state index contributed by atoms with van der Waals surface area (Å²) in [6.45, 7) is 4.32. The fourth-order valence-electron chi connectivity index (χ4n) is 2.53. The second-order valence-corrected chi connectivity index (χ2v) is 5.84. The molecule has 1 rings (SSSR count). The lowest BCUT2D eigenvalue weighted by Crippen LogP contribution is -2.55. The standard InChI is InChI=1S/C14H26N2OS/c1-3-5-8-11(7-4-2)16-13(17)14(12(15)18)9-6-10-14/h11H,3-10H2,1-2H3,(H2,15,18)(H,16,17). The molecule has 1 unspecified atom stereocenters. The molecule has 0 aliphatic heterocycles. The van der Waals surface area contributed by atoms with Crippen LogP contribution in [-0.2, 0) is 4.79 Å². The molecule has 0 aromatic carbocycles. The Morgan fingerprint density at radius 1 is 1.33 bits per heavy atom. The first-order valence-corrected chi connectivity index (χ1v) is 7.58. The van der Waals surface area contributed by atoms with Crippen LogP contribution in [0.5, 0.6) is 0 Å². The zero-order valence-electron chi connectivity index (χ0n) is 11.6. The number of thiocarbonyl (C=S) groups is 1. The van der Waals surface area contributed by atoms with E-state index >= 15 is 0 Å². The van der Waals surface area contributed by atoms with Gasteiger partial charge in [-0.3, -0.25) is 4.79 Å². The summed E-state index contributed by atoms with van der Waals surface area (Å²) in [5.41, 5.74) is 5.22. The van der Waals surface area contributed by atoms with Gasteiger partial charge >= 0.3 is 0 Å². The first kappa shape index (κ1) is 15.4. The Kier molecular flexibility index (Phi) is 6.06. The number of carbonyl (C=O) groups is 1. The summed E-state index contributed by atoms with van der Waals surface area (Å²) in [6, 6.07) is 0.286. The molecular weight excluding hydrogens is 244 g/mol. The third kappa shape index (κ3) is 3.44. The first-order chi connectivity index (χ1) is 8.56. The van der Waals surface area contributed by atoms with E-state index in [0.29, 0.717) is 4.99 Å². The molecule has 0 radical (unpaired) electrons. The lowest BCUT2D eigenvalue weighted by atomic mass is 9.68. The van der Waals surface area contributed by atoms with Crippen LogP contribution in [0.4, 0.5) is 0 Å². The van der Waals surface area contributed by atoms with E-state index in [4.69, 9.17) is 18.0 Å². The van der Waals surface area contributed by atoms with Gasteiger partial charge in [-0.1, -0.05) is 51.7 Å². The summed E-state index contributed by atoms with van der Waals surface area (Å²) < 4.78 is 0. The van der Waals surface area contributed by atoms with Gasteiger partial charge in [0.15, 0.2) is 0 Å². The van der Waals surface area contributed by atoms with Crippen molar-refractivity contribution in [1.82, 2.24) is 5.32 Å². The highest BCUT2D eigenvalue weighted by Gasteiger charge is 2.47. The third-order valence-corrected chi connectivity index (χ3v) is 4.38. The van der Waals surface area contributed by atoms with E-state index in [-0.39, 0.29) is 11.9 Å². The van der Waals surface area contributed by atoms with Crippen LogP contribution in [0.2, 0.25) is 0 Å². The number of hydrogen-bond donors (Lipinski definition) is 2. The lowest BCUT2D eigenvalue weighted by molar-refractivity contribution is -0.131. The van der Waals surface area contributed by atoms with E-state index in [2.05, 4.69) is 19.2 Å². The van der Waals surface area contributed by atoms with Crippen LogP contribution in [0, 0.1) is 5.41 Å². The van der Waals surface area contributed by atoms with Crippen LogP contribution < -0.4 is 11.1 Å². The predicted octanol–water partition coefficient (Wildman–Crippen LogP) is 2.92. The van der Waals surface area contributed by atoms with Crippen molar-refractivity contribution >= 4 is 23.1 Å². The Bertz CT molecular complexity index is 300. The van der Waals surface area contributed by atoms with Crippen LogP contribution in [0.3, 0.4) is 0 Å². The zero-order chi connectivity index (χ0) is 13.6. The molecule has 0 spiro atoms. The summed E-state index contributed by atoms with van der Waals surface area (Å²) >= 11 is 5.08. The van der Waals surface area contributed by atoms with Gasteiger partial charge in [0, 0.05) is 6.04 Å². The average molecular weight is 270 g/mol. The summed E-state index contributed by atoms with van der Waals surface area (Å²) in [7, 11) is 0. The van der Waals surface area contributed by atoms with Crippen LogP contribution in [0.1, 0.15) is 65.2 Å². The molecule has 3 N–H and O–H groups in total. The molecule has 0 heterocycles. The molecule has 4 heteroatoms. The van der Waals surface area contributed by atoms with Crippen LogP contribution in [0.25, 0.3) is 0 Å². The maximum atomic E-state index is 12.4. The first-order valence-electron chi connectivity index (χ1n) is 7.17. The number of hydrogen-bond acceptors (Lipinski definition) is 2. The summed E-state index contributed by atoms with van der Waals surface area (Å²) in [6.07, 6.45) is 8.21. The average Bonchev–Trinajstić information content (AvgIpc) is 2.23. The van der Waals surface area contributed by atoms with Crippen molar-refractivity contribution in [1.29, 1.82) is 0 Å². The van der Waals surface area contributed by atoms with Crippen molar-refractivity contribution in [2.45, 2.75) is 71.3 Å². The van der Waals surface area contributed by atoms with Gasteiger partial charge in [0.25, 0.3) is 0 Å². The number of nitrogens with two attached hydrogens (primary N) is 1. The molecule has 3 nitrogen and oxygen atoms in total. The van der Waals surface area contributed by atoms with Crippen molar-refractivity contribution < 1.29 is 4.79 Å². The highest BCUT2D eigenvalue weighted by Crippen LogP contribution is 2.41. The number of amides is 1. The Morgan fingerprint density at radius 2 is 2.00 bits per heavy atom. The number of rotatable bonds is 8. The molecule has 1 aliphatic rings. The summed E-state index contributed by atoms with van der Waals surface area (Å²) in [5.74, 6) is 0.0656. The van der Waals surface area contributed by atoms with E-state index in [0.717, 1.165) is 51.4 Å². The van der Waals surface area contributed by atoms with Gasteiger partial charge in [-0.05, 0) is 25.7 Å². The minimum Gasteiger partial charge on any atom is -0.392 e. The van der Waals surface area contributed by atoms with Gasteiger partial charge in [-0.2, -0.15) is 0 Å². The molecule has 0 aromatic heterocycles. The van der Waals surface area contributed by atoms with Crippen molar-refractivity contribution in [3.63, 3.8) is 0 Å². The fraction of sp³-hybridized carbons (Fsp3) is 0.857. The molecule has 1 fully saturated rings. The Balaban J connectivity index is 2.56. The topological polar surface area (TPSA) is 55.1 Å². The summed E-state index contributed by atoms with van der Waals surface area (Å²) in [4.78, 5) is 12.7. The van der Waals surface area contributed by atoms with Gasteiger partial charge in [0.05, 0.1) is 10.4 Å². The molecule has 18 heavy (non-hydrogen) atoms. The molecule has 1 atom stereocenters. The molecule has 0 bridgehead atoms. The Morgan fingerprint density at radius 3 is 2.39 bits per heavy atom. The largest absolute Gasteiger partial charge is 0.392 e.